The van der Waals surface area contributed by atoms with Gasteiger partial charge in [0.15, 0.2) is 0 Å². The number of sulfonamides is 1. The quantitative estimate of drug-likeness (QED) is 0.732. The number of nitrogens with zero attached hydrogens (tertiary/aromatic N) is 3. The minimum Gasteiger partial charge on any atom is -0.379 e. The number of likely N-dealkylation sites (N-methyl/N-ethyl adjacent to an activating group) is 1. The molecule has 1 saturated heterocycles. The number of rotatable bonds is 7. The maximum atomic E-state index is 13.0. The first-order valence-electron chi connectivity index (χ1n) is 9.43. The Kier molecular flexibility index (Phi) is 6.96. The van der Waals surface area contributed by atoms with Crippen molar-refractivity contribution in [3.05, 3.63) is 53.9 Å². The standard InChI is InChI=1S/C20H26N4O4S/c1-16-6-7-17(13-19(16)29(26,27)24-9-11-28-12-10-24)22-20(25)15-23(2)14-18-5-3-4-8-21-18/h3-8,13H,9-12,14-15H2,1-2H3,(H,22,25). The summed E-state index contributed by atoms with van der Waals surface area (Å²) in [5.74, 6) is -0.220. The molecule has 2 aromatic rings. The van der Waals surface area contributed by atoms with Gasteiger partial charge in [0.25, 0.3) is 0 Å². The maximum absolute atomic E-state index is 13.0. The Bertz CT molecular complexity index is 944. The van der Waals surface area contributed by atoms with Gasteiger partial charge in [0.2, 0.25) is 15.9 Å². The van der Waals surface area contributed by atoms with E-state index in [2.05, 4.69) is 10.3 Å². The number of anilines is 1. The van der Waals surface area contributed by atoms with Gasteiger partial charge < -0.3 is 10.1 Å². The highest BCUT2D eigenvalue weighted by Crippen LogP contribution is 2.24. The third kappa shape index (κ3) is 5.60. The number of morpholine rings is 1. The van der Waals surface area contributed by atoms with E-state index in [0.717, 1.165) is 5.69 Å². The van der Waals surface area contributed by atoms with Gasteiger partial charge in [0, 0.05) is 31.5 Å². The van der Waals surface area contributed by atoms with E-state index in [-0.39, 0.29) is 17.3 Å². The Morgan fingerprint density at radius 1 is 1.24 bits per heavy atom. The number of aryl methyl sites for hydroxylation is 1. The van der Waals surface area contributed by atoms with E-state index in [9.17, 15) is 13.2 Å². The summed E-state index contributed by atoms with van der Waals surface area (Å²) in [6, 6.07) is 10.6. The van der Waals surface area contributed by atoms with Gasteiger partial charge in [-0.25, -0.2) is 8.42 Å². The van der Waals surface area contributed by atoms with Crippen LogP contribution in [0.5, 0.6) is 0 Å². The first kappa shape index (κ1) is 21.4. The molecule has 0 unspecified atom stereocenters. The molecule has 0 spiro atoms. The van der Waals surface area contributed by atoms with E-state index in [4.69, 9.17) is 4.74 Å². The topological polar surface area (TPSA) is 91.8 Å². The molecule has 0 bridgehead atoms. The Hall–Kier alpha value is -2.33. The van der Waals surface area contributed by atoms with Crippen molar-refractivity contribution in [2.45, 2.75) is 18.4 Å². The fourth-order valence-electron chi connectivity index (χ4n) is 3.15. The predicted octanol–water partition coefficient (Wildman–Crippen LogP) is 1.48. The number of carbonyl (C=O) groups excluding carboxylic acids is 1. The van der Waals surface area contributed by atoms with Crippen LogP contribution in [0.2, 0.25) is 0 Å². The molecule has 1 aromatic carbocycles. The molecule has 1 N–H and O–H groups in total. The average molecular weight is 419 g/mol. The van der Waals surface area contributed by atoms with Crippen molar-refractivity contribution >= 4 is 21.6 Å². The second-order valence-corrected chi connectivity index (χ2v) is 8.94. The second-order valence-electron chi connectivity index (χ2n) is 7.04. The predicted molar refractivity (Wildman–Crippen MR) is 110 cm³/mol. The number of carbonyl (C=O) groups is 1. The maximum Gasteiger partial charge on any atom is 0.243 e. The molecule has 156 valence electrons. The lowest BCUT2D eigenvalue weighted by Crippen LogP contribution is -2.40. The highest BCUT2D eigenvalue weighted by molar-refractivity contribution is 7.89. The minimum atomic E-state index is -3.63. The number of hydrogen-bond donors (Lipinski definition) is 1. The summed E-state index contributed by atoms with van der Waals surface area (Å²) in [5, 5.41) is 2.79. The summed E-state index contributed by atoms with van der Waals surface area (Å²) in [6.07, 6.45) is 1.71. The number of hydrogen-bond acceptors (Lipinski definition) is 6. The molecule has 1 fully saturated rings. The van der Waals surface area contributed by atoms with E-state index < -0.39 is 10.0 Å². The van der Waals surface area contributed by atoms with E-state index in [1.165, 1.54) is 10.4 Å². The van der Waals surface area contributed by atoms with Crippen LogP contribution in [0.3, 0.4) is 0 Å². The SMILES string of the molecule is Cc1ccc(NC(=O)CN(C)Cc2ccccn2)cc1S(=O)(=O)N1CCOCC1. The molecule has 2 heterocycles. The molecular weight excluding hydrogens is 392 g/mol. The van der Waals surface area contributed by atoms with Crippen molar-refractivity contribution in [2.75, 3.05) is 45.2 Å². The van der Waals surface area contributed by atoms with Crippen molar-refractivity contribution in [3.63, 3.8) is 0 Å². The van der Waals surface area contributed by atoms with Crippen LogP contribution in [-0.4, -0.2) is 68.4 Å². The van der Waals surface area contributed by atoms with Gasteiger partial charge >= 0.3 is 0 Å². The largest absolute Gasteiger partial charge is 0.379 e. The van der Waals surface area contributed by atoms with Gasteiger partial charge in [-0.15, -0.1) is 0 Å². The van der Waals surface area contributed by atoms with E-state index in [1.807, 2.05) is 30.1 Å². The summed E-state index contributed by atoms with van der Waals surface area (Å²) in [6.45, 7) is 3.89. The van der Waals surface area contributed by atoms with Crippen molar-refractivity contribution in [2.24, 2.45) is 0 Å². The van der Waals surface area contributed by atoms with Crippen LogP contribution in [0.1, 0.15) is 11.3 Å². The second kappa shape index (κ2) is 9.45. The summed E-state index contributed by atoms with van der Waals surface area (Å²) >= 11 is 0. The van der Waals surface area contributed by atoms with Gasteiger partial charge in [-0.1, -0.05) is 12.1 Å². The third-order valence-corrected chi connectivity index (χ3v) is 6.67. The zero-order chi connectivity index (χ0) is 20.9. The lowest BCUT2D eigenvalue weighted by atomic mass is 10.2. The van der Waals surface area contributed by atoms with Crippen LogP contribution in [0.25, 0.3) is 0 Å². The smallest absolute Gasteiger partial charge is 0.243 e. The zero-order valence-corrected chi connectivity index (χ0v) is 17.5. The van der Waals surface area contributed by atoms with Gasteiger partial charge in [-0.3, -0.25) is 14.7 Å². The van der Waals surface area contributed by atoms with Crippen molar-refractivity contribution in [3.8, 4) is 0 Å². The van der Waals surface area contributed by atoms with Gasteiger partial charge in [-0.2, -0.15) is 4.31 Å². The average Bonchev–Trinajstić information content (AvgIpc) is 2.70. The number of ether oxygens (including phenoxy) is 1. The van der Waals surface area contributed by atoms with E-state index in [0.29, 0.717) is 44.1 Å². The van der Waals surface area contributed by atoms with Crippen molar-refractivity contribution in [1.82, 2.24) is 14.2 Å². The lowest BCUT2D eigenvalue weighted by molar-refractivity contribution is -0.117. The molecular formula is C20H26N4O4S. The van der Waals surface area contributed by atoms with Crippen LogP contribution < -0.4 is 5.32 Å². The zero-order valence-electron chi connectivity index (χ0n) is 16.7. The summed E-state index contributed by atoms with van der Waals surface area (Å²) in [4.78, 5) is 18.7. The number of pyridine rings is 1. The fourth-order valence-corrected chi connectivity index (χ4v) is 4.81. The highest BCUT2D eigenvalue weighted by atomic mass is 32.2. The van der Waals surface area contributed by atoms with Crippen molar-refractivity contribution in [1.29, 1.82) is 0 Å². The highest BCUT2D eigenvalue weighted by Gasteiger charge is 2.28. The first-order valence-corrected chi connectivity index (χ1v) is 10.9. The summed E-state index contributed by atoms with van der Waals surface area (Å²) in [5.41, 5.74) is 1.97. The molecule has 0 atom stereocenters. The molecule has 1 amide bonds. The van der Waals surface area contributed by atoms with E-state index >= 15 is 0 Å². The van der Waals surface area contributed by atoms with Gasteiger partial charge in [-0.05, 0) is 43.8 Å². The molecule has 0 saturated carbocycles. The van der Waals surface area contributed by atoms with Gasteiger partial charge in [0.1, 0.15) is 0 Å². The van der Waals surface area contributed by atoms with Crippen LogP contribution in [-0.2, 0) is 26.1 Å². The third-order valence-electron chi connectivity index (χ3n) is 4.63. The fraction of sp³-hybridized carbons (Fsp3) is 0.400. The molecule has 3 rings (SSSR count). The normalized spacial score (nSPS) is 15.4. The molecule has 8 nitrogen and oxygen atoms in total. The van der Waals surface area contributed by atoms with Crippen molar-refractivity contribution < 1.29 is 17.9 Å². The Morgan fingerprint density at radius 2 is 2.00 bits per heavy atom. The number of nitrogens with one attached hydrogen (secondary N) is 1. The first-order chi connectivity index (χ1) is 13.9. The van der Waals surface area contributed by atoms with Gasteiger partial charge in [0.05, 0.1) is 30.3 Å². The van der Waals surface area contributed by atoms with Crippen LogP contribution in [0, 0.1) is 6.92 Å². The Labute approximate surface area is 171 Å². The Balaban J connectivity index is 1.66. The van der Waals surface area contributed by atoms with Crippen LogP contribution >= 0.6 is 0 Å². The lowest BCUT2D eigenvalue weighted by Gasteiger charge is -2.27. The Morgan fingerprint density at radius 3 is 2.69 bits per heavy atom. The molecule has 0 aliphatic carbocycles. The molecule has 9 heteroatoms. The van der Waals surface area contributed by atoms with E-state index in [1.54, 1.807) is 25.3 Å². The molecule has 1 aliphatic heterocycles. The number of amides is 1. The molecule has 1 aromatic heterocycles. The molecule has 1 aliphatic rings. The number of benzene rings is 1. The summed E-state index contributed by atoms with van der Waals surface area (Å²) in [7, 11) is -1.80. The number of aromatic nitrogens is 1. The molecule has 29 heavy (non-hydrogen) atoms. The monoisotopic (exact) mass is 418 g/mol. The molecule has 0 radical (unpaired) electrons. The van der Waals surface area contributed by atoms with Crippen LogP contribution in [0.15, 0.2) is 47.5 Å². The minimum absolute atomic E-state index is 0.163. The summed E-state index contributed by atoms with van der Waals surface area (Å²) < 4.78 is 32.6. The van der Waals surface area contributed by atoms with Crippen LogP contribution in [0.4, 0.5) is 5.69 Å².